The molecule has 0 bridgehead atoms. The van der Waals surface area contributed by atoms with Crippen molar-refractivity contribution < 1.29 is 14.6 Å². The largest absolute Gasteiger partial charge is 0.497 e. The van der Waals surface area contributed by atoms with Crippen LogP contribution in [0.3, 0.4) is 0 Å². The predicted octanol–water partition coefficient (Wildman–Crippen LogP) is 4.50. The maximum absolute atomic E-state index is 12.3. The number of ether oxygens (including phenoxy) is 1. The molecule has 2 N–H and O–H groups in total. The molecule has 1 atom stereocenters. The lowest BCUT2D eigenvalue weighted by Crippen LogP contribution is -2.56. The minimum atomic E-state index is -0.926. The average molecular weight is 480 g/mol. The van der Waals surface area contributed by atoms with Gasteiger partial charge in [0.2, 0.25) is 0 Å². The van der Waals surface area contributed by atoms with Crippen molar-refractivity contribution in [2.45, 2.75) is 43.2 Å². The number of halogens is 1. The number of carbonyl (C=O) groups is 1. The zero-order valence-electron chi connectivity index (χ0n) is 19.3. The summed E-state index contributed by atoms with van der Waals surface area (Å²) in [6, 6.07) is 16.8. The quantitative estimate of drug-likeness (QED) is 0.495. The van der Waals surface area contributed by atoms with Crippen LogP contribution in [0.4, 0.5) is 0 Å². The highest BCUT2D eigenvalue weighted by Crippen LogP contribution is 2.42. The third kappa shape index (κ3) is 4.38. The molecule has 2 heterocycles. The second-order valence-corrected chi connectivity index (χ2v) is 9.89. The minimum Gasteiger partial charge on any atom is -0.497 e. The van der Waals surface area contributed by atoms with Gasteiger partial charge in [-0.3, -0.25) is 14.7 Å². The number of benzene rings is 2. The fourth-order valence-corrected chi connectivity index (χ4v) is 5.68. The summed E-state index contributed by atoms with van der Waals surface area (Å²) in [6.45, 7) is 1.86. The van der Waals surface area contributed by atoms with Crippen LogP contribution in [0.2, 0.25) is 5.02 Å². The summed E-state index contributed by atoms with van der Waals surface area (Å²) < 4.78 is 5.37. The molecule has 3 aromatic rings. The Bertz CT molecular complexity index is 1180. The molecule has 0 spiro atoms. The zero-order valence-corrected chi connectivity index (χ0v) is 20.1. The number of rotatable bonds is 8. The maximum Gasteiger partial charge on any atom is 0.325 e. The number of likely N-dealkylation sites (tertiary alicyclic amines) is 1. The molecule has 34 heavy (non-hydrogen) atoms. The van der Waals surface area contributed by atoms with E-state index in [1.165, 1.54) is 5.56 Å². The average Bonchev–Trinajstić information content (AvgIpc) is 3.25. The molecule has 1 aliphatic heterocycles. The number of pyridine rings is 1. The second-order valence-electron chi connectivity index (χ2n) is 9.49. The van der Waals surface area contributed by atoms with E-state index in [1.54, 1.807) is 13.3 Å². The van der Waals surface area contributed by atoms with Crippen LogP contribution < -0.4 is 10.1 Å². The molecule has 2 fully saturated rings. The molecule has 1 saturated heterocycles. The van der Waals surface area contributed by atoms with E-state index in [0.29, 0.717) is 42.9 Å². The first-order valence-electron chi connectivity index (χ1n) is 11.9. The highest BCUT2D eigenvalue weighted by Gasteiger charge is 2.48. The standard InChI is InChI=1S/C27H30ClN3O3/c1-34-21-7-8-25-23(15-21)22(24(28)16-29-25)9-11-30-27(26(32)33)10-12-31(17-27)20-13-19(14-20)18-5-3-2-4-6-18/h2-8,15-16,19-20,30H,9-14,17H2,1H3,(H,32,33)/t19-,20-,27?. The van der Waals surface area contributed by atoms with Gasteiger partial charge in [0.1, 0.15) is 11.3 Å². The molecular weight excluding hydrogens is 450 g/mol. The van der Waals surface area contributed by atoms with Crippen molar-refractivity contribution in [3.63, 3.8) is 0 Å². The Kier molecular flexibility index (Phi) is 6.47. The van der Waals surface area contributed by atoms with Crippen LogP contribution in [0.15, 0.2) is 54.7 Å². The normalized spacial score (nSPS) is 24.8. The number of nitrogens with zero attached hydrogens (tertiary/aromatic N) is 2. The Hall–Kier alpha value is -2.67. The molecule has 0 radical (unpaired) electrons. The lowest BCUT2D eigenvalue weighted by atomic mass is 9.75. The van der Waals surface area contributed by atoms with E-state index < -0.39 is 11.5 Å². The molecule has 5 rings (SSSR count). The van der Waals surface area contributed by atoms with Crippen LogP contribution in [0.1, 0.15) is 36.3 Å². The molecule has 2 aliphatic rings. The molecule has 1 unspecified atom stereocenters. The van der Waals surface area contributed by atoms with Gasteiger partial charge in [-0.25, -0.2) is 0 Å². The Morgan fingerprint density at radius 3 is 2.79 bits per heavy atom. The van der Waals surface area contributed by atoms with Gasteiger partial charge in [0.15, 0.2) is 0 Å². The van der Waals surface area contributed by atoms with E-state index in [9.17, 15) is 9.90 Å². The third-order valence-electron chi connectivity index (χ3n) is 7.58. The summed E-state index contributed by atoms with van der Waals surface area (Å²) in [4.78, 5) is 19.1. The van der Waals surface area contributed by atoms with Gasteiger partial charge in [-0.1, -0.05) is 41.9 Å². The summed E-state index contributed by atoms with van der Waals surface area (Å²) >= 11 is 6.49. The van der Waals surface area contributed by atoms with Crippen molar-refractivity contribution in [2.24, 2.45) is 0 Å². The molecular formula is C27H30ClN3O3. The highest BCUT2D eigenvalue weighted by atomic mass is 35.5. The van der Waals surface area contributed by atoms with Gasteiger partial charge in [-0.05, 0) is 60.9 Å². The molecule has 178 valence electrons. The summed E-state index contributed by atoms with van der Waals surface area (Å²) in [7, 11) is 1.63. The Labute approximate surface area is 204 Å². The monoisotopic (exact) mass is 479 g/mol. The molecule has 0 amide bonds. The van der Waals surface area contributed by atoms with Crippen LogP contribution in [-0.4, -0.2) is 59.3 Å². The van der Waals surface area contributed by atoms with Crippen molar-refractivity contribution in [1.82, 2.24) is 15.2 Å². The van der Waals surface area contributed by atoms with Gasteiger partial charge < -0.3 is 15.2 Å². The highest BCUT2D eigenvalue weighted by molar-refractivity contribution is 6.32. The topological polar surface area (TPSA) is 74.7 Å². The Balaban J connectivity index is 1.23. The van der Waals surface area contributed by atoms with Crippen LogP contribution in [-0.2, 0) is 11.2 Å². The van der Waals surface area contributed by atoms with Gasteiger partial charge in [0.05, 0.1) is 17.6 Å². The molecule has 7 heteroatoms. The first-order chi connectivity index (χ1) is 16.5. The molecule has 2 aromatic carbocycles. The van der Waals surface area contributed by atoms with Crippen molar-refractivity contribution in [1.29, 1.82) is 0 Å². The van der Waals surface area contributed by atoms with E-state index in [4.69, 9.17) is 16.3 Å². The second kappa shape index (κ2) is 9.53. The number of nitrogens with one attached hydrogen (secondary N) is 1. The van der Waals surface area contributed by atoms with Crippen molar-refractivity contribution in [3.8, 4) is 5.75 Å². The smallest absolute Gasteiger partial charge is 0.325 e. The van der Waals surface area contributed by atoms with E-state index in [1.807, 2.05) is 24.3 Å². The minimum absolute atomic E-state index is 0.458. The molecule has 6 nitrogen and oxygen atoms in total. The van der Waals surface area contributed by atoms with Gasteiger partial charge in [-0.2, -0.15) is 0 Å². The van der Waals surface area contributed by atoms with Gasteiger partial charge in [-0.15, -0.1) is 0 Å². The first-order valence-corrected chi connectivity index (χ1v) is 12.3. The number of methoxy groups -OCH3 is 1. The predicted molar refractivity (Wildman–Crippen MR) is 134 cm³/mol. The van der Waals surface area contributed by atoms with Crippen LogP contribution in [0, 0.1) is 0 Å². The van der Waals surface area contributed by atoms with Gasteiger partial charge in [0, 0.05) is 37.3 Å². The summed E-state index contributed by atoms with van der Waals surface area (Å²) in [5, 5.41) is 15.0. The Morgan fingerprint density at radius 2 is 2.06 bits per heavy atom. The summed E-state index contributed by atoms with van der Waals surface area (Å²) in [5.74, 6) is 0.549. The maximum atomic E-state index is 12.3. The number of hydrogen-bond donors (Lipinski definition) is 2. The van der Waals surface area contributed by atoms with E-state index in [0.717, 1.165) is 41.6 Å². The fraction of sp³-hybridized carbons (Fsp3) is 0.407. The lowest BCUT2D eigenvalue weighted by molar-refractivity contribution is -0.144. The summed E-state index contributed by atoms with van der Waals surface area (Å²) in [5.41, 5.74) is 2.26. The number of aliphatic carboxylic acids is 1. The molecule has 1 aliphatic carbocycles. The van der Waals surface area contributed by atoms with Crippen LogP contribution in [0.25, 0.3) is 10.9 Å². The van der Waals surface area contributed by atoms with E-state index in [2.05, 4.69) is 39.5 Å². The lowest BCUT2D eigenvalue weighted by Gasteiger charge is -2.42. The number of fused-ring (bicyclic) bond motifs is 1. The van der Waals surface area contributed by atoms with Crippen LogP contribution >= 0.6 is 11.6 Å². The first kappa shape index (κ1) is 23.1. The molecule has 1 aromatic heterocycles. The number of carboxylic acids is 1. The van der Waals surface area contributed by atoms with Gasteiger partial charge in [0.25, 0.3) is 0 Å². The summed E-state index contributed by atoms with van der Waals surface area (Å²) in [6.07, 6.45) is 5.07. The number of carboxylic acid groups (broad SMARTS) is 1. The van der Waals surface area contributed by atoms with Crippen molar-refractivity contribution in [2.75, 3.05) is 26.7 Å². The number of hydrogen-bond acceptors (Lipinski definition) is 5. The van der Waals surface area contributed by atoms with Crippen LogP contribution in [0.5, 0.6) is 5.75 Å². The Morgan fingerprint density at radius 1 is 1.26 bits per heavy atom. The van der Waals surface area contributed by atoms with Crippen molar-refractivity contribution in [3.05, 3.63) is 70.9 Å². The third-order valence-corrected chi connectivity index (χ3v) is 7.91. The molecule has 1 saturated carbocycles. The van der Waals surface area contributed by atoms with Crippen molar-refractivity contribution >= 4 is 28.5 Å². The van der Waals surface area contributed by atoms with Gasteiger partial charge >= 0.3 is 5.97 Å². The zero-order chi connectivity index (χ0) is 23.7. The SMILES string of the molecule is COc1ccc2ncc(Cl)c(CCNC3(C(=O)O)CCN([C@H]4C[C@H](c5ccccc5)C4)C3)c2c1. The van der Waals surface area contributed by atoms with E-state index in [-0.39, 0.29) is 0 Å². The number of aromatic nitrogens is 1. The fourth-order valence-electron chi connectivity index (χ4n) is 5.44. The van der Waals surface area contributed by atoms with E-state index >= 15 is 0 Å².